The second kappa shape index (κ2) is 13.1. The number of hydrogen-bond donors (Lipinski definition) is 5. The van der Waals surface area contributed by atoms with E-state index in [2.05, 4.69) is 31.5 Å². The molecule has 0 aromatic carbocycles. The summed E-state index contributed by atoms with van der Waals surface area (Å²) in [5.74, 6) is -1.91. The van der Waals surface area contributed by atoms with Gasteiger partial charge in [-0.15, -0.1) is 16.9 Å². The fraction of sp³-hybridized carbons (Fsp3) is 0.731. The van der Waals surface area contributed by atoms with Gasteiger partial charge in [0.05, 0.1) is 18.0 Å². The van der Waals surface area contributed by atoms with Gasteiger partial charge in [-0.3, -0.25) is 14.4 Å². The molecule has 4 aliphatic rings. The van der Waals surface area contributed by atoms with E-state index in [0.717, 1.165) is 39.0 Å². The molecule has 5 heterocycles. The van der Waals surface area contributed by atoms with Crippen LogP contribution in [0.15, 0.2) is 16.9 Å². The highest BCUT2D eigenvalue weighted by atomic mass is 32.2. The zero-order chi connectivity index (χ0) is 30.0. The normalized spacial score (nSPS) is 28.5. The maximum Gasteiger partial charge on any atom is 0.353 e. The summed E-state index contributed by atoms with van der Waals surface area (Å²) < 4.78 is 1.28. The van der Waals surface area contributed by atoms with Crippen LogP contribution in [0.25, 0.3) is 0 Å². The molecule has 1 aromatic heterocycles. The number of carboxylic acids is 1. The van der Waals surface area contributed by atoms with Gasteiger partial charge in [0, 0.05) is 54.8 Å². The molecular formula is C26H40N10O5S. The number of tetrazole rings is 1. The molecule has 230 valence electrons. The van der Waals surface area contributed by atoms with Crippen LogP contribution in [0.1, 0.15) is 33.1 Å². The van der Waals surface area contributed by atoms with Gasteiger partial charge in [-0.25, -0.2) is 9.48 Å². The number of aromatic nitrogens is 4. The van der Waals surface area contributed by atoms with Crippen LogP contribution in [0.2, 0.25) is 0 Å². The maximum absolute atomic E-state index is 13.3. The van der Waals surface area contributed by atoms with Crippen molar-refractivity contribution in [1.29, 1.82) is 0 Å². The number of β-lactam (4-membered cyclic amide) rings is 1. The smallest absolute Gasteiger partial charge is 0.353 e. The van der Waals surface area contributed by atoms with Crippen molar-refractivity contribution in [2.75, 3.05) is 39.3 Å². The molecule has 0 saturated carbocycles. The molecule has 6 N–H and O–H groups in total. The van der Waals surface area contributed by atoms with Gasteiger partial charge in [0.15, 0.2) is 0 Å². The van der Waals surface area contributed by atoms with Gasteiger partial charge in [-0.2, -0.15) is 0 Å². The lowest BCUT2D eigenvalue weighted by Gasteiger charge is -2.47. The molecular weight excluding hydrogens is 564 g/mol. The number of nitrogens with zero attached hydrogens (tertiary/aromatic N) is 6. The van der Waals surface area contributed by atoms with Crippen LogP contribution in [0.4, 0.5) is 0 Å². The van der Waals surface area contributed by atoms with Crippen molar-refractivity contribution in [2.45, 2.75) is 63.0 Å². The molecule has 0 bridgehead atoms. The number of piperidine rings is 1. The van der Waals surface area contributed by atoms with Gasteiger partial charge in [0.25, 0.3) is 0 Å². The average Bonchev–Trinajstić information content (AvgIpc) is 3.69. The first-order chi connectivity index (χ1) is 20.2. The van der Waals surface area contributed by atoms with E-state index in [9.17, 15) is 24.3 Å². The van der Waals surface area contributed by atoms with Crippen LogP contribution in [0, 0.1) is 17.8 Å². The molecule has 0 aliphatic carbocycles. The van der Waals surface area contributed by atoms with Crippen molar-refractivity contribution in [3.8, 4) is 0 Å². The Kier molecular flexibility index (Phi) is 9.44. The number of fused-ring (bicyclic) bond motifs is 1. The lowest BCUT2D eigenvalue weighted by molar-refractivity contribution is -0.158. The number of aliphatic carboxylic acids is 1. The monoisotopic (exact) mass is 604 g/mol. The second-order valence-corrected chi connectivity index (χ2v) is 12.9. The molecule has 6 atom stereocenters. The van der Waals surface area contributed by atoms with Crippen molar-refractivity contribution < 1.29 is 24.3 Å². The number of likely N-dealkylation sites (tertiary alicyclic amines) is 1. The summed E-state index contributed by atoms with van der Waals surface area (Å²) in [4.78, 5) is 55.3. The molecule has 3 fully saturated rings. The Bertz CT molecular complexity index is 1200. The van der Waals surface area contributed by atoms with E-state index in [-0.39, 0.29) is 53.2 Å². The molecule has 42 heavy (non-hydrogen) atoms. The Labute approximate surface area is 248 Å². The Morgan fingerprint density at radius 3 is 2.71 bits per heavy atom. The number of nitrogens with one attached hydrogen (secondary N) is 3. The van der Waals surface area contributed by atoms with Crippen LogP contribution in [-0.4, -0.2) is 121 Å². The van der Waals surface area contributed by atoms with E-state index in [4.69, 9.17) is 5.73 Å². The first-order valence-electron chi connectivity index (χ1n) is 14.6. The summed E-state index contributed by atoms with van der Waals surface area (Å²) >= 11 is 1.46. The average molecular weight is 605 g/mol. The van der Waals surface area contributed by atoms with Gasteiger partial charge in [-0.05, 0) is 49.1 Å². The number of hydrogen-bond acceptors (Lipinski definition) is 11. The standard InChI is InChI=1S/C26H40N10O5S/c1-14-21-20(15(2)31-19(37)12-35-13-30-32-33-35)25(39)36(21)22(26(40)41)23(14)42-17-9-18(29-11-17)24(38)34-7-3-16(4-8-34)10-28-6-5-27/h13-18,20-21,28-29H,3-12,27H2,1-2H3,(H,31,37)(H,40,41)/t14-,15-,17+,18+,20-,21-/m1/s1. The molecule has 3 amide bonds. The van der Waals surface area contributed by atoms with Gasteiger partial charge in [0.1, 0.15) is 18.6 Å². The van der Waals surface area contributed by atoms with Crippen molar-refractivity contribution in [3.63, 3.8) is 0 Å². The lowest BCUT2D eigenvalue weighted by atomic mass is 9.78. The molecule has 15 nitrogen and oxygen atoms in total. The van der Waals surface area contributed by atoms with Crippen molar-refractivity contribution >= 4 is 35.5 Å². The zero-order valence-electron chi connectivity index (χ0n) is 23.9. The fourth-order valence-corrected chi connectivity index (χ4v) is 8.11. The van der Waals surface area contributed by atoms with E-state index >= 15 is 0 Å². The highest BCUT2D eigenvalue weighted by Crippen LogP contribution is 2.51. The zero-order valence-corrected chi connectivity index (χ0v) is 24.8. The Hall–Kier alpha value is -3.08. The van der Waals surface area contributed by atoms with E-state index in [1.807, 2.05) is 11.8 Å². The molecule has 4 aliphatic heterocycles. The summed E-state index contributed by atoms with van der Waals surface area (Å²) in [7, 11) is 0. The van der Waals surface area contributed by atoms with Crippen LogP contribution >= 0.6 is 11.8 Å². The highest BCUT2D eigenvalue weighted by Gasteiger charge is 2.60. The van der Waals surface area contributed by atoms with Crippen LogP contribution in [-0.2, 0) is 25.7 Å². The minimum absolute atomic E-state index is 0.00409. The predicted molar refractivity (Wildman–Crippen MR) is 152 cm³/mol. The van der Waals surface area contributed by atoms with E-state index < -0.39 is 17.9 Å². The Balaban J connectivity index is 1.16. The number of thioether (sulfide) groups is 1. The maximum atomic E-state index is 13.3. The van der Waals surface area contributed by atoms with Gasteiger partial charge in [0.2, 0.25) is 17.7 Å². The number of nitrogens with two attached hydrogens (primary N) is 1. The quantitative estimate of drug-likeness (QED) is 0.133. The topological polar surface area (TPSA) is 201 Å². The first-order valence-corrected chi connectivity index (χ1v) is 15.5. The summed E-state index contributed by atoms with van der Waals surface area (Å²) in [5, 5.41) is 30.3. The van der Waals surface area contributed by atoms with Crippen molar-refractivity contribution in [3.05, 3.63) is 16.9 Å². The predicted octanol–water partition coefficient (Wildman–Crippen LogP) is -1.80. The number of carbonyl (C=O) groups excluding carboxylic acids is 3. The second-order valence-electron chi connectivity index (χ2n) is 11.6. The third-order valence-corrected chi connectivity index (χ3v) is 10.3. The molecule has 5 rings (SSSR count). The molecule has 3 saturated heterocycles. The van der Waals surface area contributed by atoms with Crippen LogP contribution in [0.5, 0.6) is 0 Å². The number of carboxylic acid groups (broad SMARTS) is 1. The number of carbonyl (C=O) groups is 4. The SMILES string of the molecule is C[C@@H](NC(=O)Cn1cnnn1)[C@H]1C(=O)N2C(C(=O)O)=C(S[C@@H]3CN[C@H](C(=O)N4CCC(CNCCN)CC4)C3)[C@H](C)[C@H]12. The number of rotatable bonds is 12. The minimum atomic E-state index is -1.14. The summed E-state index contributed by atoms with van der Waals surface area (Å²) in [5.41, 5.74) is 5.57. The van der Waals surface area contributed by atoms with Crippen LogP contribution < -0.4 is 21.7 Å². The van der Waals surface area contributed by atoms with Crippen LogP contribution in [0.3, 0.4) is 0 Å². The first kappa shape index (κ1) is 30.4. The Morgan fingerprint density at radius 2 is 2.05 bits per heavy atom. The van der Waals surface area contributed by atoms with Gasteiger partial charge in [-0.1, -0.05) is 6.92 Å². The Morgan fingerprint density at radius 1 is 1.29 bits per heavy atom. The van der Waals surface area contributed by atoms with Gasteiger partial charge < -0.3 is 36.6 Å². The van der Waals surface area contributed by atoms with E-state index in [1.165, 1.54) is 27.7 Å². The molecule has 0 unspecified atom stereocenters. The van der Waals surface area contributed by atoms with E-state index in [0.29, 0.717) is 30.3 Å². The molecule has 1 aromatic rings. The van der Waals surface area contributed by atoms with E-state index in [1.54, 1.807) is 6.92 Å². The van der Waals surface area contributed by atoms with Gasteiger partial charge >= 0.3 is 5.97 Å². The minimum Gasteiger partial charge on any atom is -0.477 e. The molecule has 16 heteroatoms. The van der Waals surface area contributed by atoms with Crippen molar-refractivity contribution in [1.82, 2.24) is 46.0 Å². The fourth-order valence-electron chi connectivity index (χ4n) is 6.63. The number of amides is 3. The molecule has 0 spiro atoms. The summed E-state index contributed by atoms with van der Waals surface area (Å²) in [6.07, 6.45) is 3.84. The largest absolute Gasteiger partial charge is 0.477 e. The summed E-state index contributed by atoms with van der Waals surface area (Å²) in [6.45, 7) is 8.00. The third kappa shape index (κ3) is 6.16. The summed E-state index contributed by atoms with van der Waals surface area (Å²) in [6, 6.07) is -1.16. The third-order valence-electron chi connectivity index (χ3n) is 8.78. The van der Waals surface area contributed by atoms with Crippen molar-refractivity contribution in [2.24, 2.45) is 23.5 Å². The molecule has 0 radical (unpaired) electrons. The lowest BCUT2D eigenvalue weighted by Crippen LogP contribution is -2.66. The highest BCUT2D eigenvalue weighted by molar-refractivity contribution is 8.03.